The minimum atomic E-state index is -0.206. The standard InChI is InChI=1S/C13H21N3O/c1-4-13(5-2,10-17)15-8-11-6-12(7-14)16(3)9-11/h6,9,15,17H,4-5,8,10H2,1-3H3. The van der Waals surface area contributed by atoms with Crippen LogP contribution in [0.15, 0.2) is 12.3 Å². The van der Waals surface area contributed by atoms with Crippen molar-refractivity contribution >= 4 is 0 Å². The van der Waals surface area contributed by atoms with E-state index < -0.39 is 0 Å². The van der Waals surface area contributed by atoms with Crippen molar-refractivity contribution in [2.45, 2.75) is 38.8 Å². The molecule has 0 unspecified atom stereocenters. The molecule has 0 bridgehead atoms. The van der Waals surface area contributed by atoms with Gasteiger partial charge in [-0.15, -0.1) is 0 Å². The topological polar surface area (TPSA) is 61.0 Å². The molecular formula is C13H21N3O. The van der Waals surface area contributed by atoms with Gasteiger partial charge in [0.1, 0.15) is 11.8 Å². The molecular weight excluding hydrogens is 214 g/mol. The van der Waals surface area contributed by atoms with Gasteiger partial charge in [-0.25, -0.2) is 0 Å². The van der Waals surface area contributed by atoms with Gasteiger partial charge in [0, 0.05) is 25.3 Å². The summed E-state index contributed by atoms with van der Waals surface area (Å²) in [6.45, 7) is 4.95. The molecule has 94 valence electrons. The van der Waals surface area contributed by atoms with Crippen LogP contribution in [0.2, 0.25) is 0 Å². The molecule has 1 aromatic rings. The molecule has 0 aliphatic carbocycles. The predicted molar refractivity (Wildman–Crippen MR) is 67.4 cm³/mol. The van der Waals surface area contributed by atoms with Crippen molar-refractivity contribution in [1.29, 1.82) is 5.26 Å². The fourth-order valence-corrected chi connectivity index (χ4v) is 1.91. The smallest absolute Gasteiger partial charge is 0.120 e. The molecule has 0 aromatic carbocycles. The number of hydrogen-bond donors (Lipinski definition) is 2. The lowest BCUT2D eigenvalue weighted by Gasteiger charge is -2.30. The van der Waals surface area contributed by atoms with Gasteiger partial charge >= 0.3 is 0 Å². The zero-order valence-corrected chi connectivity index (χ0v) is 10.8. The molecule has 0 saturated carbocycles. The molecule has 4 nitrogen and oxygen atoms in total. The Hall–Kier alpha value is -1.31. The molecule has 0 aliphatic heterocycles. The molecule has 4 heteroatoms. The monoisotopic (exact) mass is 235 g/mol. The average Bonchev–Trinajstić information content (AvgIpc) is 2.72. The summed E-state index contributed by atoms with van der Waals surface area (Å²) in [5.41, 5.74) is 1.52. The van der Waals surface area contributed by atoms with E-state index in [1.54, 1.807) is 0 Å². The summed E-state index contributed by atoms with van der Waals surface area (Å²) in [5.74, 6) is 0. The van der Waals surface area contributed by atoms with Gasteiger partial charge in [0.2, 0.25) is 0 Å². The second-order valence-corrected chi connectivity index (χ2v) is 4.46. The molecule has 0 amide bonds. The zero-order valence-electron chi connectivity index (χ0n) is 10.8. The highest BCUT2D eigenvalue weighted by Crippen LogP contribution is 2.16. The summed E-state index contributed by atoms with van der Waals surface area (Å²) >= 11 is 0. The summed E-state index contributed by atoms with van der Waals surface area (Å²) in [6, 6.07) is 4.02. The van der Waals surface area contributed by atoms with Crippen molar-refractivity contribution in [3.8, 4) is 6.07 Å². The summed E-state index contributed by atoms with van der Waals surface area (Å²) in [5, 5.41) is 21.7. The number of nitrogens with zero attached hydrogens (tertiary/aromatic N) is 2. The first-order valence-electron chi connectivity index (χ1n) is 6.02. The van der Waals surface area contributed by atoms with Crippen molar-refractivity contribution in [3.63, 3.8) is 0 Å². The quantitative estimate of drug-likeness (QED) is 0.786. The van der Waals surface area contributed by atoms with E-state index in [1.165, 1.54) is 0 Å². The first-order chi connectivity index (χ1) is 8.10. The lowest BCUT2D eigenvalue weighted by molar-refractivity contribution is 0.149. The van der Waals surface area contributed by atoms with Crippen molar-refractivity contribution in [3.05, 3.63) is 23.5 Å². The number of aliphatic hydroxyl groups excluding tert-OH is 1. The minimum Gasteiger partial charge on any atom is -0.394 e. The first-order valence-corrected chi connectivity index (χ1v) is 6.02. The highest BCUT2D eigenvalue weighted by Gasteiger charge is 2.24. The molecule has 2 N–H and O–H groups in total. The first kappa shape index (κ1) is 13.8. The third-order valence-electron chi connectivity index (χ3n) is 3.50. The number of rotatable bonds is 6. The van der Waals surface area contributed by atoms with Crippen LogP contribution < -0.4 is 5.32 Å². The van der Waals surface area contributed by atoms with Gasteiger partial charge in [-0.2, -0.15) is 5.26 Å². The van der Waals surface area contributed by atoms with Gasteiger partial charge < -0.3 is 15.0 Å². The average molecular weight is 235 g/mol. The zero-order chi connectivity index (χ0) is 12.9. The summed E-state index contributed by atoms with van der Waals surface area (Å²) in [6.07, 6.45) is 3.72. The molecule has 0 saturated heterocycles. The van der Waals surface area contributed by atoms with Crippen molar-refractivity contribution in [2.75, 3.05) is 6.61 Å². The van der Waals surface area contributed by atoms with Crippen LogP contribution in [0.5, 0.6) is 0 Å². The lowest BCUT2D eigenvalue weighted by atomic mass is 9.94. The molecule has 0 spiro atoms. The Labute approximate surface area is 103 Å². The van der Waals surface area contributed by atoms with E-state index in [9.17, 15) is 5.11 Å². The maximum Gasteiger partial charge on any atom is 0.120 e. The van der Waals surface area contributed by atoms with E-state index in [-0.39, 0.29) is 12.1 Å². The fraction of sp³-hybridized carbons (Fsp3) is 0.615. The Morgan fingerprint density at radius 1 is 1.47 bits per heavy atom. The van der Waals surface area contributed by atoms with Crippen LogP contribution >= 0.6 is 0 Å². The number of aliphatic hydroxyl groups is 1. The van der Waals surface area contributed by atoms with E-state index in [0.29, 0.717) is 12.2 Å². The van der Waals surface area contributed by atoms with Crippen molar-refractivity contribution < 1.29 is 5.11 Å². The number of aromatic nitrogens is 1. The number of hydrogen-bond acceptors (Lipinski definition) is 3. The number of aryl methyl sites for hydroxylation is 1. The van der Waals surface area contributed by atoms with Gasteiger partial charge in [0.15, 0.2) is 0 Å². The van der Waals surface area contributed by atoms with Crippen LogP contribution in [0.3, 0.4) is 0 Å². The van der Waals surface area contributed by atoms with Crippen molar-refractivity contribution in [2.24, 2.45) is 7.05 Å². The lowest BCUT2D eigenvalue weighted by Crippen LogP contribution is -2.46. The van der Waals surface area contributed by atoms with Crippen LogP contribution in [0.1, 0.15) is 37.9 Å². The van der Waals surface area contributed by atoms with E-state index in [1.807, 2.05) is 23.9 Å². The Balaban J connectivity index is 2.69. The summed E-state index contributed by atoms with van der Waals surface area (Å²) < 4.78 is 1.82. The summed E-state index contributed by atoms with van der Waals surface area (Å²) in [7, 11) is 1.86. The maximum absolute atomic E-state index is 9.44. The maximum atomic E-state index is 9.44. The van der Waals surface area contributed by atoms with Crippen LogP contribution in [0.4, 0.5) is 0 Å². The third kappa shape index (κ3) is 3.09. The van der Waals surface area contributed by atoms with Gasteiger partial charge in [-0.1, -0.05) is 13.8 Å². The van der Waals surface area contributed by atoms with E-state index in [4.69, 9.17) is 5.26 Å². The Bertz CT molecular complexity index is 391. The van der Waals surface area contributed by atoms with E-state index >= 15 is 0 Å². The molecule has 1 heterocycles. The molecule has 0 atom stereocenters. The third-order valence-corrected chi connectivity index (χ3v) is 3.50. The summed E-state index contributed by atoms with van der Waals surface area (Å²) in [4.78, 5) is 0. The largest absolute Gasteiger partial charge is 0.394 e. The Kier molecular flexibility index (Phi) is 4.73. The normalized spacial score (nSPS) is 11.5. The number of nitriles is 1. The molecule has 1 rings (SSSR count). The van der Waals surface area contributed by atoms with Crippen molar-refractivity contribution in [1.82, 2.24) is 9.88 Å². The number of nitrogens with one attached hydrogen (secondary N) is 1. The molecule has 0 fully saturated rings. The highest BCUT2D eigenvalue weighted by molar-refractivity contribution is 5.28. The van der Waals surface area contributed by atoms with Crippen LogP contribution in [0, 0.1) is 11.3 Å². The predicted octanol–water partition coefficient (Wildman–Crippen LogP) is 1.54. The fourth-order valence-electron chi connectivity index (χ4n) is 1.91. The van der Waals surface area contributed by atoms with Crippen LogP contribution in [-0.4, -0.2) is 21.8 Å². The van der Waals surface area contributed by atoms with Crippen LogP contribution in [0.25, 0.3) is 0 Å². The molecule has 0 aliphatic rings. The molecule has 0 radical (unpaired) electrons. The van der Waals surface area contributed by atoms with E-state index in [2.05, 4.69) is 25.2 Å². The van der Waals surface area contributed by atoms with Crippen LogP contribution in [-0.2, 0) is 13.6 Å². The second kappa shape index (κ2) is 5.85. The van der Waals surface area contributed by atoms with Gasteiger partial charge in [-0.05, 0) is 24.5 Å². The van der Waals surface area contributed by atoms with E-state index in [0.717, 1.165) is 18.4 Å². The Morgan fingerprint density at radius 2 is 2.12 bits per heavy atom. The SMILES string of the molecule is CCC(CC)(CO)NCc1cc(C#N)n(C)c1. The Morgan fingerprint density at radius 3 is 2.53 bits per heavy atom. The molecule has 1 aromatic heterocycles. The van der Waals surface area contributed by atoms with Gasteiger partial charge in [0.25, 0.3) is 0 Å². The second-order valence-electron chi connectivity index (χ2n) is 4.46. The van der Waals surface area contributed by atoms with Gasteiger partial charge in [-0.3, -0.25) is 0 Å². The van der Waals surface area contributed by atoms with Gasteiger partial charge in [0.05, 0.1) is 6.61 Å². The highest BCUT2D eigenvalue weighted by atomic mass is 16.3. The molecule has 17 heavy (non-hydrogen) atoms. The minimum absolute atomic E-state index is 0.137.